The minimum atomic E-state index is -0.467. The molecule has 1 aliphatic carbocycles. The van der Waals surface area contributed by atoms with Gasteiger partial charge in [0.2, 0.25) is 0 Å². The highest BCUT2D eigenvalue weighted by molar-refractivity contribution is 5.68. The number of amides is 1. The number of rotatable bonds is 6. The normalized spacial score (nSPS) is 31.4. The highest BCUT2D eigenvalue weighted by atomic mass is 16.6. The molecule has 6 heteroatoms. The van der Waals surface area contributed by atoms with E-state index in [1.54, 1.807) is 0 Å². The molecule has 2 aliphatic rings. The maximum absolute atomic E-state index is 12.0. The van der Waals surface area contributed by atoms with Crippen LogP contribution in [0, 0.1) is 11.8 Å². The van der Waals surface area contributed by atoms with E-state index >= 15 is 0 Å². The third-order valence-corrected chi connectivity index (χ3v) is 4.75. The smallest absolute Gasteiger partial charge is 0.407 e. The minimum Gasteiger partial charge on any atom is -0.444 e. The lowest BCUT2D eigenvalue weighted by Gasteiger charge is -2.46. The fraction of sp³-hybridized carbons (Fsp3) is 0.944. The van der Waals surface area contributed by atoms with Crippen LogP contribution in [0.3, 0.4) is 0 Å². The third kappa shape index (κ3) is 6.22. The maximum Gasteiger partial charge on any atom is 0.407 e. The molecule has 0 aromatic heterocycles. The number of carbonyl (C=O) groups excluding carboxylic acids is 1. The lowest BCUT2D eigenvalue weighted by atomic mass is 9.73. The summed E-state index contributed by atoms with van der Waals surface area (Å²) in [5.41, 5.74) is -0.467. The van der Waals surface area contributed by atoms with Crippen molar-refractivity contribution in [3.05, 3.63) is 0 Å². The topological polar surface area (TPSA) is 79.8 Å². The Labute approximate surface area is 145 Å². The molecule has 2 rings (SSSR count). The molecule has 0 aromatic rings. The molecule has 0 radical (unpaired) electrons. The van der Waals surface area contributed by atoms with E-state index in [-0.39, 0.29) is 18.2 Å². The monoisotopic (exact) mass is 342 g/mol. The number of hydrogen-bond acceptors (Lipinski definition) is 5. The molecule has 0 spiro atoms. The van der Waals surface area contributed by atoms with E-state index in [2.05, 4.69) is 10.6 Å². The summed E-state index contributed by atoms with van der Waals surface area (Å²) in [5, 5.41) is 16.0. The molecule has 2 bridgehead atoms. The standard InChI is InChI=1S/C18H34N2O4/c1-12(21)6-5-7-19-16-13-8-15(9-14(16)11-23-10-13)20-17(22)24-18(2,3)4/h12-16,19,21H,5-11H2,1-4H3,(H,20,22)/t12?,13-,14+,15?,16?. The predicted molar refractivity (Wildman–Crippen MR) is 92.9 cm³/mol. The number of aliphatic hydroxyl groups is 1. The summed E-state index contributed by atoms with van der Waals surface area (Å²) in [6.45, 7) is 9.88. The van der Waals surface area contributed by atoms with Crippen molar-refractivity contribution in [2.24, 2.45) is 11.8 Å². The van der Waals surface area contributed by atoms with Gasteiger partial charge in [0.05, 0.1) is 19.3 Å². The van der Waals surface area contributed by atoms with E-state index in [1.165, 1.54) is 0 Å². The Hall–Kier alpha value is -0.850. The largest absolute Gasteiger partial charge is 0.444 e. The van der Waals surface area contributed by atoms with Gasteiger partial charge in [0, 0.05) is 12.1 Å². The van der Waals surface area contributed by atoms with Crippen LogP contribution in [0.2, 0.25) is 0 Å². The van der Waals surface area contributed by atoms with Gasteiger partial charge < -0.3 is 25.2 Å². The molecule has 1 aliphatic heterocycles. The predicted octanol–water partition coefficient (Wildman–Crippen LogP) is 2.06. The number of nitrogens with one attached hydrogen (secondary N) is 2. The molecular formula is C18H34N2O4. The molecule has 24 heavy (non-hydrogen) atoms. The Balaban J connectivity index is 1.80. The van der Waals surface area contributed by atoms with Gasteiger partial charge in [-0.05, 0) is 71.8 Å². The highest BCUT2D eigenvalue weighted by Gasteiger charge is 2.41. The van der Waals surface area contributed by atoms with Crippen molar-refractivity contribution < 1.29 is 19.4 Å². The van der Waals surface area contributed by atoms with Crippen molar-refractivity contribution in [2.45, 2.75) is 77.2 Å². The molecule has 3 N–H and O–H groups in total. The van der Waals surface area contributed by atoms with Crippen LogP contribution in [0.1, 0.15) is 53.4 Å². The molecule has 1 saturated heterocycles. The molecule has 6 nitrogen and oxygen atoms in total. The fourth-order valence-corrected chi connectivity index (χ4v) is 3.81. The van der Waals surface area contributed by atoms with Gasteiger partial charge in [-0.3, -0.25) is 0 Å². The minimum absolute atomic E-state index is 0.161. The van der Waals surface area contributed by atoms with Crippen LogP contribution < -0.4 is 10.6 Å². The van der Waals surface area contributed by atoms with Crippen molar-refractivity contribution in [1.82, 2.24) is 10.6 Å². The van der Waals surface area contributed by atoms with Crippen molar-refractivity contribution >= 4 is 6.09 Å². The van der Waals surface area contributed by atoms with Crippen LogP contribution >= 0.6 is 0 Å². The van der Waals surface area contributed by atoms with Crippen molar-refractivity contribution in [3.8, 4) is 0 Å². The van der Waals surface area contributed by atoms with E-state index in [0.717, 1.165) is 45.4 Å². The second-order valence-corrected chi connectivity index (χ2v) is 8.34. The van der Waals surface area contributed by atoms with Gasteiger partial charge in [0.1, 0.15) is 5.60 Å². The summed E-state index contributed by atoms with van der Waals surface area (Å²) in [4.78, 5) is 12.0. The second kappa shape index (κ2) is 8.50. The van der Waals surface area contributed by atoms with E-state index in [0.29, 0.717) is 17.9 Å². The second-order valence-electron chi connectivity index (χ2n) is 8.34. The van der Waals surface area contributed by atoms with Crippen LogP contribution in [0.4, 0.5) is 4.79 Å². The Morgan fingerprint density at radius 2 is 1.92 bits per heavy atom. The number of aliphatic hydroxyl groups excluding tert-OH is 1. The zero-order chi connectivity index (χ0) is 17.7. The zero-order valence-corrected chi connectivity index (χ0v) is 15.5. The lowest BCUT2D eigenvalue weighted by Crippen LogP contribution is -2.57. The first-order valence-electron chi connectivity index (χ1n) is 9.23. The molecule has 2 fully saturated rings. The molecule has 140 valence electrons. The first kappa shape index (κ1) is 19.5. The Bertz CT molecular complexity index is 394. The molecule has 1 amide bonds. The summed E-state index contributed by atoms with van der Waals surface area (Å²) in [7, 11) is 0. The number of fused-ring (bicyclic) bond motifs is 2. The van der Waals surface area contributed by atoms with Gasteiger partial charge in [-0.1, -0.05) is 0 Å². The van der Waals surface area contributed by atoms with E-state index in [4.69, 9.17) is 9.47 Å². The third-order valence-electron chi connectivity index (χ3n) is 4.75. The number of alkyl carbamates (subject to hydrolysis) is 1. The number of ether oxygens (including phenoxy) is 2. The first-order valence-corrected chi connectivity index (χ1v) is 9.23. The van der Waals surface area contributed by atoms with E-state index in [1.807, 2.05) is 27.7 Å². The zero-order valence-electron chi connectivity index (χ0n) is 15.5. The first-order chi connectivity index (χ1) is 11.2. The maximum atomic E-state index is 12.0. The summed E-state index contributed by atoms with van der Waals surface area (Å²) >= 11 is 0. The molecule has 0 aromatic carbocycles. The van der Waals surface area contributed by atoms with Gasteiger partial charge in [0.15, 0.2) is 0 Å². The highest BCUT2D eigenvalue weighted by Crippen LogP contribution is 2.34. The van der Waals surface area contributed by atoms with E-state index < -0.39 is 5.60 Å². The quantitative estimate of drug-likeness (QED) is 0.644. The molecule has 5 atom stereocenters. The van der Waals surface area contributed by atoms with Gasteiger partial charge in [-0.25, -0.2) is 4.79 Å². The fourth-order valence-electron chi connectivity index (χ4n) is 3.81. The lowest BCUT2D eigenvalue weighted by molar-refractivity contribution is -0.0460. The van der Waals surface area contributed by atoms with Gasteiger partial charge in [-0.2, -0.15) is 0 Å². The van der Waals surface area contributed by atoms with Crippen LogP contribution in [0.15, 0.2) is 0 Å². The van der Waals surface area contributed by atoms with Crippen LogP contribution in [0.5, 0.6) is 0 Å². The van der Waals surface area contributed by atoms with Crippen LogP contribution in [-0.4, -0.2) is 54.7 Å². The van der Waals surface area contributed by atoms with Crippen molar-refractivity contribution in [2.75, 3.05) is 19.8 Å². The summed E-state index contributed by atoms with van der Waals surface area (Å²) in [6.07, 6.45) is 3.09. The average Bonchev–Trinajstić information content (AvgIpc) is 2.41. The number of hydrogen-bond donors (Lipinski definition) is 3. The van der Waals surface area contributed by atoms with Crippen molar-refractivity contribution in [3.63, 3.8) is 0 Å². The Kier molecular flexibility index (Phi) is 6.89. The van der Waals surface area contributed by atoms with Crippen molar-refractivity contribution in [1.29, 1.82) is 0 Å². The van der Waals surface area contributed by atoms with Crippen LogP contribution in [0.25, 0.3) is 0 Å². The van der Waals surface area contributed by atoms with Crippen LogP contribution in [-0.2, 0) is 9.47 Å². The Morgan fingerprint density at radius 3 is 2.46 bits per heavy atom. The Morgan fingerprint density at radius 1 is 1.29 bits per heavy atom. The molecule has 3 unspecified atom stereocenters. The number of carbonyl (C=O) groups is 1. The van der Waals surface area contributed by atoms with Gasteiger partial charge in [-0.15, -0.1) is 0 Å². The van der Waals surface area contributed by atoms with Gasteiger partial charge in [0.25, 0.3) is 0 Å². The SMILES string of the molecule is CC(O)CCCNC1[C@@H]2COC[C@H]1CC(NC(=O)OC(C)(C)C)C2. The summed E-state index contributed by atoms with van der Waals surface area (Å²) < 4.78 is 11.1. The van der Waals surface area contributed by atoms with E-state index in [9.17, 15) is 9.90 Å². The van der Waals surface area contributed by atoms with Gasteiger partial charge >= 0.3 is 6.09 Å². The summed E-state index contributed by atoms with van der Waals surface area (Å²) in [5.74, 6) is 0.841. The summed E-state index contributed by atoms with van der Waals surface area (Å²) in [6, 6.07) is 0.610. The molecular weight excluding hydrogens is 308 g/mol. The average molecular weight is 342 g/mol. The molecule has 1 heterocycles. The molecule has 1 saturated carbocycles.